The number of nitrogens with zero attached hydrogens (tertiary/aromatic N) is 8. The first kappa shape index (κ1) is 28.0. The second-order valence-corrected chi connectivity index (χ2v) is 13.1. The molecule has 2 aliphatic heterocycles. The van der Waals surface area contributed by atoms with Crippen LogP contribution in [-0.2, 0) is 11.8 Å². The van der Waals surface area contributed by atoms with Gasteiger partial charge in [0.2, 0.25) is 0 Å². The van der Waals surface area contributed by atoms with Crippen LogP contribution in [0.15, 0.2) is 54.7 Å². The van der Waals surface area contributed by atoms with E-state index in [1.54, 1.807) is 0 Å². The van der Waals surface area contributed by atoms with Crippen molar-refractivity contribution in [3.05, 3.63) is 66.0 Å². The molecule has 6 heterocycles. The summed E-state index contributed by atoms with van der Waals surface area (Å²) >= 11 is 0. The van der Waals surface area contributed by atoms with E-state index in [0.717, 1.165) is 97.1 Å². The van der Waals surface area contributed by atoms with Crippen LogP contribution in [0.4, 0.5) is 5.82 Å². The summed E-state index contributed by atoms with van der Waals surface area (Å²) in [6.07, 6.45) is 3.98. The average molecular weight is 579 g/mol. The van der Waals surface area contributed by atoms with Crippen molar-refractivity contribution in [1.82, 2.24) is 34.4 Å². The van der Waals surface area contributed by atoms with Crippen molar-refractivity contribution < 1.29 is 4.74 Å². The van der Waals surface area contributed by atoms with Crippen LogP contribution < -0.4 is 4.90 Å². The van der Waals surface area contributed by atoms with E-state index in [0.29, 0.717) is 5.92 Å². The van der Waals surface area contributed by atoms with Crippen molar-refractivity contribution in [2.24, 2.45) is 13.0 Å². The molecular formula is C34H42N8O. The highest BCUT2D eigenvalue weighted by atomic mass is 16.5. The molecule has 0 aliphatic carbocycles. The second kappa shape index (κ2) is 11.0. The van der Waals surface area contributed by atoms with Crippen LogP contribution in [0.25, 0.3) is 33.3 Å². The molecule has 0 unspecified atom stereocenters. The lowest BCUT2D eigenvalue weighted by Gasteiger charge is -2.42. The van der Waals surface area contributed by atoms with Gasteiger partial charge in [0.25, 0.3) is 0 Å². The van der Waals surface area contributed by atoms with Crippen molar-refractivity contribution in [3.63, 3.8) is 0 Å². The molecule has 2 fully saturated rings. The van der Waals surface area contributed by atoms with E-state index in [9.17, 15) is 0 Å². The molecule has 1 atom stereocenters. The van der Waals surface area contributed by atoms with E-state index in [1.807, 2.05) is 24.9 Å². The van der Waals surface area contributed by atoms with Gasteiger partial charge in [-0.05, 0) is 70.2 Å². The maximum Gasteiger partial charge on any atom is 0.145 e. The van der Waals surface area contributed by atoms with Gasteiger partial charge in [0.05, 0.1) is 28.5 Å². The summed E-state index contributed by atoms with van der Waals surface area (Å²) in [6, 6.07) is 17.7. The van der Waals surface area contributed by atoms with Gasteiger partial charge in [-0.3, -0.25) is 9.88 Å². The lowest BCUT2D eigenvalue weighted by atomic mass is 9.86. The van der Waals surface area contributed by atoms with Gasteiger partial charge in [-0.2, -0.15) is 0 Å². The first-order valence-electron chi connectivity index (χ1n) is 15.6. The van der Waals surface area contributed by atoms with Crippen LogP contribution in [0, 0.1) is 12.8 Å². The number of ether oxygens (including phenoxy) is 1. The van der Waals surface area contributed by atoms with Crippen LogP contribution in [0.3, 0.4) is 0 Å². The largest absolute Gasteiger partial charge is 0.381 e. The monoisotopic (exact) mass is 578 g/mol. The topological polar surface area (TPSA) is 77.1 Å². The van der Waals surface area contributed by atoms with Gasteiger partial charge in [0.15, 0.2) is 0 Å². The number of hydrogen-bond acceptors (Lipinski definition) is 7. The summed E-state index contributed by atoms with van der Waals surface area (Å²) in [7, 11) is 1.94. The molecule has 1 aromatic carbocycles. The Bertz CT molecular complexity index is 1720. The molecular weight excluding hydrogens is 536 g/mol. The molecule has 224 valence electrons. The zero-order valence-electron chi connectivity index (χ0n) is 26.0. The highest BCUT2D eigenvalue weighted by molar-refractivity contribution is 6.05. The number of anilines is 1. The molecule has 0 spiro atoms. The molecule has 0 saturated carbocycles. The molecule has 9 nitrogen and oxygen atoms in total. The molecule has 7 rings (SSSR count). The average Bonchev–Trinajstić information content (AvgIpc) is 3.53. The van der Waals surface area contributed by atoms with Crippen molar-refractivity contribution in [3.8, 4) is 11.3 Å². The molecule has 4 aromatic heterocycles. The number of pyridine rings is 2. The van der Waals surface area contributed by atoms with E-state index in [4.69, 9.17) is 14.7 Å². The minimum absolute atomic E-state index is 0.105. The predicted molar refractivity (Wildman–Crippen MR) is 171 cm³/mol. The zero-order chi connectivity index (χ0) is 29.7. The Hall–Kier alpha value is -3.82. The number of fused-ring (bicyclic) bond motifs is 3. The van der Waals surface area contributed by atoms with Crippen molar-refractivity contribution in [2.75, 3.05) is 44.3 Å². The van der Waals surface area contributed by atoms with Gasteiger partial charge in [-0.25, -0.2) is 9.67 Å². The number of hydrogen-bond donors (Lipinski definition) is 0. The third-order valence-electron chi connectivity index (χ3n) is 9.42. The Morgan fingerprint density at radius 3 is 2.37 bits per heavy atom. The Morgan fingerprint density at radius 2 is 1.70 bits per heavy atom. The maximum absolute atomic E-state index is 5.84. The summed E-state index contributed by atoms with van der Waals surface area (Å²) in [5, 5.41) is 9.68. The fourth-order valence-electron chi connectivity index (χ4n) is 7.13. The Kier molecular flexibility index (Phi) is 7.18. The molecule has 43 heavy (non-hydrogen) atoms. The van der Waals surface area contributed by atoms with Gasteiger partial charge in [0.1, 0.15) is 11.5 Å². The van der Waals surface area contributed by atoms with Gasteiger partial charge >= 0.3 is 0 Å². The maximum atomic E-state index is 5.84. The summed E-state index contributed by atoms with van der Waals surface area (Å²) in [5.41, 5.74) is 7.43. The van der Waals surface area contributed by atoms with Gasteiger partial charge in [-0.15, -0.1) is 5.10 Å². The van der Waals surface area contributed by atoms with E-state index < -0.39 is 0 Å². The first-order chi connectivity index (χ1) is 20.8. The van der Waals surface area contributed by atoms with Gasteiger partial charge in [0, 0.05) is 69.1 Å². The Morgan fingerprint density at radius 1 is 0.953 bits per heavy atom. The molecule has 2 saturated heterocycles. The molecule has 5 aromatic rings. The van der Waals surface area contributed by atoms with Crippen LogP contribution in [0.2, 0.25) is 0 Å². The number of aromatic nitrogens is 6. The summed E-state index contributed by atoms with van der Waals surface area (Å²) < 4.78 is 10.2. The quantitative estimate of drug-likeness (QED) is 0.268. The Labute approximate surface area is 253 Å². The smallest absolute Gasteiger partial charge is 0.145 e. The highest BCUT2D eigenvalue weighted by Gasteiger charge is 2.32. The fourth-order valence-corrected chi connectivity index (χ4v) is 7.13. The number of piperazine rings is 1. The zero-order valence-corrected chi connectivity index (χ0v) is 26.0. The fraction of sp³-hybridized carbons (Fsp3) is 0.471. The first-order valence-corrected chi connectivity index (χ1v) is 15.6. The number of benzene rings is 1. The van der Waals surface area contributed by atoms with Crippen molar-refractivity contribution in [1.29, 1.82) is 0 Å². The standard InChI is InChI=1S/C34H42N8O/c1-23-31(39(5)38-37-23)26-21-28-30(35-22-26)27-11-12-29(40-15-17-41(18-16-40)34(2,3)4)36-33(27)42(28)32(24-9-7-6-8-10-24)25-13-19-43-20-14-25/h6-12,21-22,25,32H,13-20H2,1-5H3/t32-/m1/s1. The molecule has 9 heteroatoms. The summed E-state index contributed by atoms with van der Waals surface area (Å²) in [4.78, 5) is 15.6. The number of rotatable bonds is 5. The summed E-state index contributed by atoms with van der Waals surface area (Å²) in [6.45, 7) is 14.5. The third kappa shape index (κ3) is 5.08. The van der Waals surface area contributed by atoms with Gasteiger partial charge < -0.3 is 14.2 Å². The van der Waals surface area contributed by atoms with E-state index in [1.165, 1.54) is 5.56 Å². The lowest BCUT2D eigenvalue weighted by molar-refractivity contribution is 0.0552. The molecule has 2 aliphatic rings. The van der Waals surface area contributed by atoms with Crippen LogP contribution in [0.5, 0.6) is 0 Å². The van der Waals surface area contributed by atoms with Crippen LogP contribution >= 0.6 is 0 Å². The van der Waals surface area contributed by atoms with E-state index in [-0.39, 0.29) is 11.6 Å². The van der Waals surface area contributed by atoms with Crippen molar-refractivity contribution >= 4 is 27.9 Å². The SMILES string of the molecule is Cc1nnn(C)c1-c1cnc2c3ccc(N4CCN(C(C)(C)C)CC4)nc3n([C@H](c3ccccc3)C3CCOCC3)c2c1. The molecule has 0 N–H and O–H groups in total. The minimum atomic E-state index is 0.105. The normalized spacial score (nSPS) is 18.1. The van der Waals surface area contributed by atoms with Crippen molar-refractivity contribution in [2.45, 2.75) is 52.1 Å². The van der Waals surface area contributed by atoms with Gasteiger partial charge in [-0.1, -0.05) is 35.5 Å². The van der Waals surface area contributed by atoms with Crippen LogP contribution in [-0.4, -0.2) is 79.4 Å². The third-order valence-corrected chi connectivity index (χ3v) is 9.42. The second-order valence-electron chi connectivity index (χ2n) is 13.1. The van der Waals surface area contributed by atoms with E-state index >= 15 is 0 Å². The predicted octanol–water partition coefficient (Wildman–Crippen LogP) is 5.62. The van der Waals surface area contributed by atoms with Crippen LogP contribution in [0.1, 0.15) is 50.9 Å². The molecule has 0 bridgehead atoms. The molecule has 0 amide bonds. The lowest BCUT2D eigenvalue weighted by Crippen LogP contribution is -2.53. The summed E-state index contributed by atoms with van der Waals surface area (Å²) in [5.74, 6) is 1.45. The Balaban J connectivity index is 1.43. The van der Waals surface area contributed by atoms with E-state index in [2.05, 4.69) is 94.0 Å². The highest BCUT2D eigenvalue weighted by Crippen LogP contribution is 2.41. The minimum Gasteiger partial charge on any atom is -0.381 e. The molecule has 0 radical (unpaired) electrons. The number of aryl methyl sites for hydroxylation is 2.